The quantitative estimate of drug-likeness (QED) is 0.392. The number of aromatic nitrogens is 5. The summed E-state index contributed by atoms with van der Waals surface area (Å²) in [5.74, 6) is 0.916. The van der Waals surface area contributed by atoms with E-state index in [9.17, 15) is 0 Å². The minimum atomic E-state index is -0.0943. The molecule has 36 heavy (non-hydrogen) atoms. The second-order valence-corrected chi connectivity index (χ2v) is 9.89. The third-order valence-corrected chi connectivity index (χ3v) is 7.70. The summed E-state index contributed by atoms with van der Waals surface area (Å²) in [5.41, 5.74) is 4.09. The molecule has 9 nitrogen and oxygen atoms in total. The number of nitrogens with one attached hydrogen (secondary N) is 2. The maximum atomic E-state index is 5.68. The van der Waals surface area contributed by atoms with Crippen LogP contribution in [-0.2, 0) is 9.47 Å². The van der Waals surface area contributed by atoms with Crippen LogP contribution in [0.1, 0.15) is 45.8 Å². The second-order valence-electron chi connectivity index (χ2n) is 9.89. The lowest BCUT2D eigenvalue weighted by Gasteiger charge is -2.39. The molecule has 190 valence electrons. The molecular formula is C27H35N7O2. The molecule has 1 aliphatic heterocycles. The highest BCUT2D eigenvalue weighted by Gasteiger charge is 2.27. The third-order valence-electron chi connectivity index (χ3n) is 7.70. The molecule has 1 saturated heterocycles. The number of rotatable bonds is 7. The van der Waals surface area contributed by atoms with Gasteiger partial charge < -0.3 is 19.8 Å². The zero-order chi connectivity index (χ0) is 24.5. The molecule has 1 aliphatic carbocycles. The van der Waals surface area contributed by atoms with Crippen LogP contribution in [0.15, 0.2) is 36.9 Å². The van der Waals surface area contributed by atoms with Crippen LogP contribution in [0.2, 0.25) is 0 Å². The highest BCUT2D eigenvalue weighted by molar-refractivity contribution is 6.12. The van der Waals surface area contributed by atoms with Gasteiger partial charge in [-0.1, -0.05) is 6.07 Å². The Morgan fingerprint density at radius 3 is 2.78 bits per heavy atom. The average molecular weight is 490 g/mol. The Balaban J connectivity index is 1.24. The number of benzene rings is 1. The van der Waals surface area contributed by atoms with E-state index < -0.39 is 0 Å². The van der Waals surface area contributed by atoms with Crippen LogP contribution >= 0.6 is 0 Å². The summed E-state index contributed by atoms with van der Waals surface area (Å²) in [6.07, 6.45) is 10.2. The number of nitrogens with zero attached hydrogens (tertiary/aromatic N) is 5. The highest BCUT2D eigenvalue weighted by atomic mass is 16.5. The molecule has 1 atom stereocenters. The molecule has 2 N–H and O–H groups in total. The molecule has 3 aromatic heterocycles. The van der Waals surface area contributed by atoms with Crippen molar-refractivity contribution in [1.82, 2.24) is 29.6 Å². The lowest BCUT2D eigenvalue weighted by atomic mass is 9.90. The number of aromatic amines is 1. The van der Waals surface area contributed by atoms with Crippen molar-refractivity contribution in [2.75, 3.05) is 38.2 Å². The molecule has 0 radical (unpaired) electrons. The van der Waals surface area contributed by atoms with Crippen LogP contribution in [0, 0.1) is 0 Å². The van der Waals surface area contributed by atoms with Gasteiger partial charge >= 0.3 is 0 Å². The monoisotopic (exact) mass is 489 g/mol. The number of morpholine rings is 1. The average Bonchev–Trinajstić information content (AvgIpc) is 3.55. The Morgan fingerprint density at radius 1 is 1.14 bits per heavy atom. The molecule has 9 heteroatoms. The molecule has 2 aliphatic rings. The predicted molar refractivity (Wildman–Crippen MR) is 141 cm³/mol. The van der Waals surface area contributed by atoms with E-state index in [1.165, 1.54) is 12.8 Å². The summed E-state index contributed by atoms with van der Waals surface area (Å²) in [6, 6.07) is 7.56. The lowest BCUT2D eigenvalue weighted by molar-refractivity contribution is 0.00791. The van der Waals surface area contributed by atoms with Crippen molar-refractivity contribution in [2.45, 2.75) is 57.8 Å². The van der Waals surface area contributed by atoms with Crippen LogP contribution in [0.3, 0.4) is 0 Å². The topological polar surface area (TPSA) is 93.1 Å². The number of hydrogen-bond acceptors (Lipinski definition) is 7. The number of H-pyrrole nitrogens is 1. The first-order valence-corrected chi connectivity index (χ1v) is 13.2. The first-order chi connectivity index (χ1) is 17.7. The zero-order valence-electron chi connectivity index (χ0n) is 21.1. The van der Waals surface area contributed by atoms with Crippen LogP contribution in [0.5, 0.6) is 0 Å². The van der Waals surface area contributed by atoms with Crippen molar-refractivity contribution in [2.24, 2.45) is 0 Å². The van der Waals surface area contributed by atoms with Gasteiger partial charge in [-0.3, -0.25) is 4.90 Å². The van der Waals surface area contributed by atoms with Crippen molar-refractivity contribution in [3.05, 3.63) is 36.9 Å². The van der Waals surface area contributed by atoms with E-state index in [0.717, 1.165) is 78.0 Å². The van der Waals surface area contributed by atoms with Gasteiger partial charge in [0.25, 0.3) is 0 Å². The van der Waals surface area contributed by atoms with Crippen LogP contribution in [0.25, 0.3) is 33.1 Å². The van der Waals surface area contributed by atoms with Crippen LogP contribution in [-0.4, -0.2) is 74.6 Å². The normalized spacial score (nSPS) is 22.3. The predicted octanol–water partition coefficient (Wildman–Crippen LogP) is 4.58. The molecular weight excluding hydrogens is 454 g/mol. The SMILES string of the molecule is CCOC(C)n1cc(-c2ccc3[nH]c4ncnc(NC5CCC(N6CCOCC6)CC5)c4c3c2)cn1. The fourth-order valence-corrected chi connectivity index (χ4v) is 5.74. The van der Waals surface area contributed by atoms with Crippen molar-refractivity contribution in [3.63, 3.8) is 0 Å². The molecule has 6 rings (SSSR count). The van der Waals surface area contributed by atoms with Crippen molar-refractivity contribution in [1.29, 1.82) is 0 Å². The highest BCUT2D eigenvalue weighted by Crippen LogP contribution is 2.34. The Hall–Kier alpha value is -3.01. The van der Waals surface area contributed by atoms with Gasteiger partial charge in [0.05, 0.1) is 24.8 Å². The van der Waals surface area contributed by atoms with E-state index in [1.54, 1.807) is 6.33 Å². The Kier molecular flexibility index (Phi) is 6.60. The van der Waals surface area contributed by atoms with Gasteiger partial charge in [-0.2, -0.15) is 5.10 Å². The summed E-state index contributed by atoms with van der Waals surface area (Å²) < 4.78 is 13.1. The van der Waals surface area contributed by atoms with Gasteiger partial charge in [-0.05, 0) is 57.2 Å². The van der Waals surface area contributed by atoms with Gasteiger partial charge in [0.1, 0.15) is 24.0 Å². The van der Waals surface area contributed by atoms with Gasteiger partial charge in [0.15, 0.2) is 0 Å². The maximum Gasteiger partial charge on any atom is 0.147 e. The molecule has 1 saturated carbocycles. The molecule has 0 bridgehead atoms. The molecule has 0 amide bonds. The van der Waals surface area contributed by atoms with Crippen molar-refractivity contribution in [3.8, 4) is 11.1 Å². The smallest absolute Gasteiger partial charge is 0.147 e. The van der Waals surface area contributed by atoms with Gasteiger partial charge in [-0.15, -0.1) is 0 Å². The zero-order valence-corrected chi connectivity index (χ0v) is 21.1. The first kappa shape index (κ1) is 23.4. The van der Waals surface area contributed by atoms with E-state index in [2.05, 4.69) is 48.5 Å². The van der Waals surface area contributed by atoms with E-state index >= 15 is 0 Å². The number of anilines is 1. The fraction of sp³-hybridized carbons (Fsp3) is 0.519. The Bertz CT molecular complexity index is 1320. The van der Waals surface area contributed by atoms with Crippen LogP contribution in [0.4, 0.5) is 5.82 Å². The summed E-state index contributed by atoms with van der Waals surface area (Å²) in [4.78, 5) is 15.3. The Labute approximate surface area is 211 Å². The minimum Gasteiger partial charge on any atom is -0.379 e. The fourth-order valence-electron chi connectivity index (χ4n) is 5.74. The number of hydrogen-bond donors (Lipinski definition) is 2. The maximum absolute atomic E-state index is 5.68. The van der Waals surface area contributed by atoms with Crippen LogP contribution < -0.4 is 5.32 Å². The second kappa shape index (κ2) is 10.2. The summed E-state index contributed by atoms with van der Waals surface area (Å²) in [6.45, 7) is 8.52. The van der Waals surface area contributed by atoms with Gasteiger partial charge in [-0.25, -0.2) is 14.6 Å². The minimum absolute atomic E-state index is 0.0943. The lowest BCUT2D eigenvalue weighted by Crippen LogP contribution is -2.46. The molecule has 1 unspecified atom stereocenters. The molecule has 4 heterocycles. The summed E-state index contributed by atoms with van der Waals surface area (Å²) in [7, 11) is 0. The third kappa shape index (κ3) is 4.58. The Morgan fingerprint density at radius 2 is 1.97 bits per heavy atom. The molecule has 4 aromatic rings. The van der Waals surface area contributed by atoms with Crippen molar-refractivity contribution >= 4 is 27.8 Å². The molecule has 1 aromatic carbocycles. The van der Waals surface area contributed by atoms with E-state index in [4.69, 9.17) is 9.47 Å². The molecule has 2 fully saturated rings. The molecule has 0 spiro atoms. The summed E-state index contributed by atoms with van der Waals surface area (Å²) in [5, 5.41) is 10.5. The number of ether oxygens (including phenoxy) is 2. The number of fused-ring (bicyclic) bond motifs is 3. The standard InChI is InChI=1S/C27H35N7O2/c1-3-36-18(2)34-16-20(15-30-34)19-4-9-24-23(14-19)25-26(28-17-29-27(25)32-24)31-21-5-7-22(8-6-21)33-10-12-35-13-11-33/h4,9,14-18,21-22H,3,5-8,10-13H2,1-2H3,(H2,28,29,31,32). The van der Waals surface area contributed by atoms with Crippen molar-refractivity contribution < 1.29 is 9.47 Å². The van der Waals surface area contributed by atoms with E-state index in [-0.39, 0.29) is 6.23 Å². The van der Waals surface area contributed by atoms with E-state index in [1.807, 2.05) is 30.9 Å². The summed E-state index contributed by atoms with van der Waals surface area (Å²) >= 11 is 0. The van der Waals surface area contributed by atoms with Gasteiger partial charge in [0.2, 0.25) is 0 Å². The first-order valence-electron chi connectivity index (χ1n) is 13.2. The van der Waals surface area contributed by atoms with E-state index in [0.29, 0.717) is 18.7 Å². The largest absolute Gasteiger partial charge is 0.379 e. The van der Waals surface area contributed by atoms with Gasteiger partial charge in [0, 0.05) is 54.4 Å².